The van der Waals surface area contributed by atoms with Crippen molar-refractivity contribution in [3.8, 4) is 0 Å². The zero-order valence-electron chi connectivity index (χ0n) is 11.3. The highest BCUT2D eigenvalue weighted by Gasteiger charge is 2.11. The molecule has 6 heteroatoms. The lowest BCUT2D eigenvalue weighted by Gasteiger charge is -2.03. The summed E-state index contributed by atoms with van der Waals surface area (Å²) in [5, 5.41) is 1.37. The number of aromatic nitrogens is 2. The van der Waals surface area contributed by atoms with Gasteiger partial charge in [-0.1, -0.05) is 30.7 Å². The smallest absolute Gasteiger partial charge is 0.142 e. The fourth-order valence-electron chi connectivity index (χ4n) is 1.92. The van der Waals surface area contributed by atoms with Crippen LogP contribution in [0.15, 0.2) is 35.2 Å². The molecule has 1 aromatic carbocycles. The van der Waals surface area contributed by atoms with Crippen LogP contribution in [0.1, 0.15) is 17.6 Å². The van der Waals surface area contributed by atoms with Crippen molar-refractivity contribution < 1.29 is 4.39 Å². The number of hydrogen-bond donors (Lipinski definition) is 0. The molecule has 0 fully saturated rings. The van der Waals surface area contributed by atoms with E-state index in [2.05, 4.69) is 16.9 Å². The van der Waals surface area contributed by atoms with Crippen molar-refractivity contribution in [2.24, 2.45) is 0 Å². The Hall–Kier alpha value is -1.17. The van der Waals surface area contributed by atoms with E-state index in [0.29, 0.717) is 21.6 Å². The van der Waals surface area contributed by atoms with E-state index >= 15 is 0 Å². The Balaban J connectivity index is 1.86. The summed E-state index contributed by atoms with van der Waals surface area (Å²) in [4.78, 5) is 11.6. The molecule has 0 aliphatic rings. The van der Waals surface area contributed by atoms with E-state index in [4.69, 9.17) is 11.6 Å². The highest BCUT2D eigenvalue weighted by Crippen LogP contribution is 2.31. The number of thiophene rings is 1. The van der Waals surface area contributed by atoms with Gasteiger partial charge in [-0.25, -0.2) is 14.4 Å². The number of benzene rings is 1. The fraction of sp³-hybridized carbons (Fsp3) is 0.200. The molecule has 0 aliphatic heterocycles. The molecule has 2 aromatic heterocycles. The molecule has 2 heterocycles. The van der Waals surface area contributed by atoms with Crippen LogP contribution in [0, 0.1) is 5.82 Å². The van der Waals surface area contributed by atoms with E-state index in [9.17, 15) is 4.39 Å². The van der Waals surface area contributed by atoms with Gasteiger partial charge < -0.3 is 0 Å². The minimum Gasteiger partial charge on any atom is -0.221 e. The van der Waals surface area contributed by atoms with Crippen LogP contribution in [0.3, 0.4) is 0 Å². The van der Waals surface area contributed by atoms with Crippen LogP contribution >= 0.6 is 34.7 Å². The molecule has 0 saturated heterocycles. The van der Waals surface area contributed by atoms with Gasteiger partial charge in [-0.05, 0) is 24.6 Å². The molecule has 0 N–H and O–H groups in total. The van der Waals surface area contributed by atoms with Gasteiger partial charge in [0.1, 0.15) is 21.6 Å². The molecule has 0 unspecified atom stereocenters. The van der Waals surface area contributed by atoms with E-state index < -0.39 is 0 Å². The SMILES string of the molecule is CCc1cc2c(Cl)nc(CSc3ccccc3F)nc2s1. The molecule has 21 heavy (non-hydrogen) atoms. The first-order chi connectivity index (χ1) is 10.2. The van der Waals surface area contributed by atoms with Gasteiger partial charge in [0.15, 0.2) is 0 Å². The molecule has 108 valence electrons. The molecule has 3 rings (SSSR count). The fourth-order valence-corrected chi connectivity index (χ4v) is 4.00. The van der Waals surface area contributed by atoms with E-state index in [1.54, 1.807) is 23.5 Å². The largest absolute Gasteiger partial charge is 0.221 e. The van der Waals surface area contributed by atoms with Crippen LogP contribution in [0.25, 0.3) is 10.2 Å². The standard InChI is InChI=1S/C15H12ClFN2S2/c1-2-9-7-10-14(16)18-13(19-15(10)21-9)8-20-12-6-4-3-5-11(12)17/h3-7H,2,8H2,1H3. The first-order valence-corrected chi connectivity index (χ1v) is 8.67. The third kappa shape index (κ3) is 3.20. The van der Waals surface area contributed by atoms with Gasteiger partial charge in [-0.15, -0.1) is 23.1 Å². The van der Waals surface area contributed by atoms with Crippen LogP contribution in [0.2, 0.25) is 5.15 Å². The molecule has 0 saturated carbocycles. The van der Waals surface area contributed by atoms with Crippen LogP contribution in [0.5, 0.6) is 0 Å². The molecule has 0 radical (unpaired) electrons. The molecule has 2 nitrogen and oxygen atoms in total. The number of rotatable bonds is 4. The highest BCUT2D eigenvalue weighted by molar-refractivity contribution is 7.98. The highest BCUT2D eigenvalue weighted by atomic mass is 35.5. The lowest BCUT2D eigenvalue weighted by atomic mass is 10.3. The minimum atomic E-state index is -0.223. The van der Waals surface area contributed by atoms with Crippen molar-refractivity contribution in [2.45, 2.75) is 24.0 Å². The Morgan fingerprint density at radius 1 is 1.29 bits per heavy atom. The first kappa shape index (κ1) is 14.8. The Morgan fingerprint density at radius 3 is 2.86 bits per heavy atom. The second-order valence-electron chi connectivity index (χ2n) is 4.43. The maximum absolute atomic E-state index is 13.6. The summed E-state index contributed by atoms with van der Waals surface area (Å²) < 4.78 is 13.6. The Kier molecular flexibility index (Phi) is 4.42. The quantitative estimate of drug-likeness (QED) is 0.474. The Labute approximate surface area is 135 Å². The summed E-state index contributed by atoms with van der Waals surface area (Å²) in [6, 6.07) is 8.73. The van der Waals surface area contributed by atoms with Crippen molar-refractivity contribution >= 4 is 44.9 Å². The van der Waals surface area contributed by atoms with Crippen LogP contribution in [0.4, 0.5) is 4.39 Å². The van der Waals surface area contributed by atoms with Gasteiger partial charge in [0.05, 0.1) is 5.75 Å². The summed E-state index contributed by atoms with van der Waals surface area (Å²) >= 11 is 9.23. The number of halogens is 2. The zero-order valence-corrected chi connectivity index (χ0v) is 13.7. The average molecular weight is 339 g/mol. The Morgan fingerprint density at radius 2 is 2.10 bits per heavy atom. The topological polar surface area (TPSA) is 25.8 Å². The van der Waals surface area contributed by atoms with E-state index in [-0.39, 0.29) is 5.82 Å². The second kappa shape index (κ2) is 6.30. The number of nitrogens with zero attached hydrogens (tertiary/aromatic N) is 2. The van der Waals surface area contributed by atoms with Gasteiger partial charge in [0.25, 0.3) is 0 Å². The van der Waals surface area contributed by atoms with Gasteiger partial charge in [-0.2, -0.15) is 0 Å². The number of hydrogen-bond acceptors (Lipinski definition) is 4. The summed E-state index contributed by atoms with van der Waals surface area (Å²) in [6.45, 7) is 2.10. The molecule has 3 aromatic rings. The van der Waals surface area contributed by atoms with Gasteiger partial charge in [-0.3, -0.25) is 0 Å². The lowest BCUT2D eigenvalue weighted by molar-refractivity contribution is 0.602. The molecular formula is C15H12ClFN2S2. The predicted molar refractivity (Wildman–Crippen MR) is 87.8 cm³/mol. The Bertz CT molecular complexity index is 788. The van der Waals surface area contributed by atoms with Crippen molar-refractivity contribution in [3.63, 3.8) is 0 Å². The third-order valence-electron chi connectivity index (χ3n) is 2.99. The molecular weight excluding hydrogens is 327 g/mol. The number of thioether (sulfide) groups is 1. The van der Waals surface area contributed by atoms with Crippen molar-refractivity contribution in [1.82, 2.24) is 9.97 Å². The molecule has 0 bridgehead atoms. The van der Waals surface area contributed by atoms with E-state index in [1.807, 2.05) is 12.1 Å². The predicted octanol–water partition coefficient (Wildman–Crippen LogP) is 5.34. The van der Waals surface area contributed by atoms with Crippen molar-refractivity contribution in [2.75, 3.05) is 0 Å². The van der Waals surface area contributed by atoms with Crippen LogP contribution in [-0.2, 0) is 12.2 Å². The van der Waals surface area contributed by atoms with Crippen LogP contribution in [-0.4, -0.2) is 9.97 Å². The molecule has 0 atom stereocenters. The van der Waals surface area contributed by atoms with Crippen molar-refractivity contribution in [3.05, 3.63) is 52.0 Å². The van der Waals surface area contributed by atoms with Crippen molar-refractivity contribution in [1.29, 1.82) is 0 Å². The summed E-state index contributed by atoms with van der Waals surface area (Å²) in [5.41, 5.74) is 0. The number of fused-ring (bicyclic) bond motifs is 1. The first-order valence-electron chi connectivity index (χ1n) is 6.49. The maximum Gasteiger partial charge on any atom is 0.142 e. The molecule has 0 amide bonds. The van der Waals surface area contributed by atoms with Gasteiger partial charge in [0, 0.05) is 15.2 Å². The van der Waals surface area contributed by atoms with Gasteiger partial charge in [0.2, 0.25) is 0 Å². The second-order valence-corrected chi connectivity index (χ2v) is 6.93. The summed E-state index contributed by atoms with van der Waals surface area (Å²) in [5.74, 6) is 0.903. The maximum atomic E-state index is 13.6. The van der Waals surface area contributed by atoms with Gasteiger partial charge >= 0.3 is 0 Å². The third-order valence-corrected chi connectivity index (χ3v) is 5.49. The number of aryl methyl sites for hydroxylation is 1. The molecule has 0 aliphatic carbocycles. The monoisotopic (exact) mass is 338 g/mol. The normalized spacial score (nSPS) is 11.2. The van der Waals surface area contributed by atoms with Crippen LogP contribution < -0.4 is 0 Å². The minimum absolute atomic E-state index is 0.223. The summed E-state index contributed by atoms with van der Waals surface area (Å²) in [6.07, 6.45) is 0.955. The molecule has 0 spiro atoms. The van der Waals surface area contributed by atoms with E-state index in [0.717, 1.165) is 16.6 Å². The lowest BCUT2D eigenvalue weighted by Crippen LogP contribution is -1.93. The average Bonchev–Trinajstić information content (AvgIpc) is 2.90. The van der Waals surface area contributed by atoms with E-state index in [1.165, 1.54) is 22.7 Å². The summed E-state index contributed by atoms with van der Waals surface area (Å²) in [7, 11) is 0. The zero-order chi connectivity index (χ0) is 14.8.